The molecule has 24 heavy (non-hydrogen) atoms. The summed E-state index contributed by atoms with van der Waals surface area (Å²) in [7, 11) is 0. The molecule has 0 spiro atoms. The van der Waals surface area contributed by atoms with Crippen LogP contribution in [0.25, 0.3) is 0 Å². The van der Waals surface area contributed by atoms with Crippen LogP contribution in [0.4, 0.5) is 0 Å². The van der Waals surface area contributed by atoms with Crippen LogP contribution in [0, 0.1) is 13.8 Å². The van der Waals surface area contributed by atoms with Crippen LogP contribution in [0.2, 0.25) is 0 Å². The summed E-state index contributed by atoms with van der Waals surface area (Å²) in [4.78, 5) is 11.9. The monoisotopic (exact) mass is 325 g/mol. The van der Waals surface area contributed by atoms with E-state index in [-0.39, 0.29) is 5.91 Å². The number of hydrogen-bond donors (Lipinski definition) is 1. The van der Waals surface area contributed by atoms with Crippen LogP contribution in [-0.2, 0) is 17.6 Å². The van der Waals surface area contributed by atoms with Gasteiger partial charge < -0.3 is 10.1 Å². The normalized spacial score (nSPS) is 10.5. The van der Waals surface area contributed by atoms with Crippen LogP contribution >= 0.6 is 0 Å². The Balaban J connectivity index is 1.64. The third-order valence-corrected chi connectivity index (χ3v) is 4.24. The summed E-state index contributed by atoms with van der Waals surface area (Å²) < 4.78 is 5.63. The summed E-state index contributed by atoms with van der Waals surface area (Å²) in [5.74, 6) is 0.912. The first-order chi connectivity index (χ1) is 11.6. The molecule has 128 valence electrons. The molecule has 0 radical (unpaired) electrons. The average Bonchev–Trinajstić information content (AvgIpc) is 2.60. The molecule has 1 N–H and O–H groups in total. The van der Waals surface area contributed by atoms with Crippen LogP contribution in [0.15, 0.2) is 42.5 Å². The van der Waals surface area contributed by atoms with E-state index in [0.29, 0.717) is 19.6 Å². The average molecular weight is 325 g/mol. The fourth-order valence-corrected chi connectivity index (χ4v) is 2.49. The van der Waals surface area contributed by atoms with Crippen molar-refractivity contribution in [3.8, 4) is 5.75 Å². The van der Waals surface area contributed by atoms with Gasteiger partial charge in [-0.15, -0.1) is 0 Å². The smallest absolute Gasteiger partial charge is 0.220 e. The second-order valence-corrected chi connectivity index (χ2v) is 6.11. The Morgan fingerprint density at radius 3 is 2.38 bits per heavy atom. The fourth-order valence-electron chi connectivity index (χ4n) is 2.49. The Labute approximate surface area is 145 Å². The number of rotatable bonds is 8. The van der Waals surface area contributed by atoms with Gasteiger partial charge in [-0.05, 0) is 61.1 Å². The number of nitrogens with one attached hydrogen (secondary N) is 1. The van der Waals surface area contributed by atoms with Gasteiger partial charge in [-0.2, -0.15) is 0 Å². The quantitative estimate of drug-likeness (QED) is 0.745. The first-order valence-corrected chi connectivity index (χ1v) is 8.63. The number of aryl methyl sites for hydroxylation is 4. The van der Waals surface area contributed by atoms with E-state index in [4.69, 9.17) is 4.74 Å². The van der Waals surface area contributed by atoms with Crippen molar-refractivity contribution in [1.29, 1.82) is 0 Å². The van der Waals surface area contributed by atoms with Crippen molar-refractivity contribution in [2.45, 2.75) is 40.0 Å². The van der Waals surface area contributed by atoms with Gasteiger partial charge in [0.2, 0.25) is 5.91 Å². The molecule has 0 aliphatic carbocycles. The summed E-state index contributed by atoms with van der Waals surface area (Å²) in [5.41, 5.74) is 5.06. The highest BCUT2D eigenvalue weighted by Crippen LogP contribution is 2.12. The summed E-state index contributed by atoms with van der Waals surface area (Å²) in [6.45, 7) is 7.34. The second-order valence-electron chi connectivity index (χ2n) is 6.11. The zero-order chi connectivity index (χ0) is 17.4. The largest absolute Gasteiger partial charge is 0.492 e. The maximum Gasteiger partial charge on any atom is 0.220 e. The fraction of sp³-hybridized carbons (Fsp3) is 0.381. The van der Waals surface area contributed by atoms with Gasteiger partial charge in [-0.3, -0.25) is 4.79 Å². The van der Waals surface area contributed by atoms with E-state index < -0.39 is 0 Å². The maximum absolute atomic E-state index is 11.9. The molecule has 2 rings (SSSR count). The molecule has 2 aromatic carbocycles. The zero-order valence-electron chi connectivity index (χ0n) is 14.9. The molecule has 0 aliphatic rings. The molecule has 0 fully saturated rings. The van der Waals surface area contributed by atoms with Gasteiger partial charge in [-0.25, -0.2) is 0 Å². The van der Waals surface area contributed by atoms with E-state index >= 15 is 0 Å². The van der Waals surface area contributed by atoms with Gasteiger partial charge in [-0.1, -0.05) is 37.3 Å². The number of hydrogen-bond acceptors (Lipinski definition) is 2. The van der Waals surface area contributed by atoms with Crippen LogP contribution in [-0.4, -0.2) is 19.1 Å². The minimum Gasteiger partial charge on any atom is -0.492 e. The van der Waals surface area contributed by atoms with Crippen molar-refractivity contribution < 1.29 is 9.53 Å². The standard InChI is InChI=1S/C21H27NO2/c1-4-18-7-10-20(11-8-18)24-14-13-22-21(23)12-9-19-6-5-16(2)17(3)15-19/h5-8,10-11,15H,4,9,12-14H2,1-3H3,(H,22,23). The molecule has 3 nitrogen and oxygen atoms in total. The summed E-state index contributed by atoms with van der Waals surface area (Å²) >= 11 is 0. The molecule has 0 atom stereocenters. The first kappa shape index (κ1) is 18.1. The van der Waals surface area contributed by atoms with Crippen LogP contribution in [0.5, 0.6) is 5.75 Å². The van der Waals surface area contributed by atoms with Crippen molar-refractivity contribution in [2.75, 3.05) is 13.2 Å². The van der Waals surface area contributed by atoms with Gasteiger partial charge in [0.25, 0.3) is 0 Å². The molecule has 0 aliphatic heterocycles. The highest BCUT2D eigenvalue weighted by Gasteiger charge is 2.03. The molecule has 0 aromatic heterocycles. The molecule has 0 saturated carbocycles. The Morgan fingerprint density at radius 1 is 1.00 bits per heavy atom. The SMILES string of the molecule is CCc1ccc(OCCNC(=O)CCc2ccc(C)c(C)c2)cc1. The van der Waals surface area contributed by atoms with Gasteiger partial charge >= 0.3 is 0 Å². The molecule has 3 heteroatoms. The van der Waals surface area contributed by atoms with Gasteiger partial charge in [0.15, 0.2) is 0 Å². The van der Waals surface area contributed by atoms with Crippen molar-refractivity contribution in [1.82, 2.24) is 5.32 Å². The Kier molecular flexibility index (Phi) is 6.86. The number of benzene rings is 2. The number of ether oxygens (including phenoxy) is 1. The number of carbonyl (C=O) groups excluding carboxylic acids is 1. The molecule has 0 unspecified atom stereocenters. The Morgan fingerprint density at radius 2 is 1.71 bits per heavy atom. The third-order valence-electron chi connectivity index (χ3n) is 4.24. The zero-order valence-corrected chi connectivity index (χ0v) is 14.9. The van der Waals surface area contributed by atoms with Crippen molar-refractivity contribution in [3.05, 3.63) is 64.7 Å². The van der Waals surface area contributed by atoms with E-state index in [1.165, 1.54) is 22.3 Å². The predicted molar refractivity (Wildman–Crippen MR) is 98.6 cm³/mol. The lowest BCUT2D eigenvalue weighted by atomic mass is 10.0. The molecule has 0 saturated heterocycles. The maximum atomic E-state index is 11.9. The van der Waals surface area contributed by atoms with Crippen LogP contribution in [0.3, 0.4) is 0 Å². The van der Waals surface area contributed by atoms with E-state index in [2.05, 4.69) is 56.4 Å². The Hall–Kier alpha value is -2.29. The van der Waals surface area contributed by atoms with Crippen molar-refractivity contribution >= 4 is 5.91 Å². The van der Waals surface area contributed by atoms with Gasteiger partial charge in [0.05, 0.1) is 6.54 Å². The topological polar surface area (TPSA) is 38.3 Å². The molecule has 0 heterocycles. The lowest BCUT2D eigenvalue weighted by Gasteiger charge is -2.09. The van der Waals surface area contributed by atoms with Crippen LogP contribution < -0.4 is 10.1 Å². The summed E-state index contributed by atoms with van der Waals surface area (Å²) in [5, 5.41) is 2.91. The minimum atomic E-state index is 0.0677. The summed E-state index contributed by atoms with van der Waals surface area (Å²) in [6, 6.07) is 14.4. The van der Waals surface area contributed by atoms with E-state index in [1.807, 2.05) is 12.1 Å². The molecular formula is C21H27NO2. The van der Waals surface area contributed by atoms with Crippen molar-refractivity contribution in [3.63, 3.8) is 0 Å². The van der Waals surface area contributed by atoms with Crippen molar-refractivity contribution in [2.24, 2.45) is 0 Å². The second kappa shape index (κ2) is 9.11. The van der Waals surface area contributed by atoms with E-state index in [0.717, 1.165) is 18.6 Å². The molecule has 0 bridgehead atoms. The molecular weight excluding hydrogens is 298 g/mol. The molecule has 1 amide bonds. The van der Waals surface area contributed by atoms with Gasteiger partial charge in [0.1, 0.15) is 12.4 Å². The lowest BCUT2D eigenvalue weighted by Crippen LogP contribution is -2.28. The van der Waals surface area contributed by atoms with Gasteiger partial charge in [0, 0.05) is 6.42 Å². The van der Waals surface area contributed by atoms with E-state index in [9.17, 15) is 4.79 Å². The summed E-state index contributed by atoms with van der Waals surface area (Å²) in [6.07, 6.45) is 2.30. The lowest BCUT2D eigenvalue weighted by molar-refractivity contribution is -0.121. The highest BCUT2D eigenvalue weighted by molar-refractivity contribution is 5.76. The van der Waals surface area contributed by atoms with E-state index in [1.54, 1.807) is 0 Å². The Bertz CT molecular complexity index is 662. The number of amides is 1. The predicted octanol–water partition coefficient (Wildman–Crippen LogP) is 3.99. The molecule has 2 aromatic rings. The van der Waals surface area contributed by atoms with Crippen LogP contribution in [0.1, 0.15) is 35.6 Å². The third kappa shape index (κ3) is 5.73. The first-order valence-electron chi connectivity index (χ1n) is 8.63. The minimum absolute atomic E-state index is 0.0677. The highest BCUT2D eigenvalue weighted by atomic mass is 16.5. The number of carbonyl (C=O) groups is 1.